The molecule has 1 aliphatic rings. The molecule has 1 saturated heterocycles. The minimum atomic E-state index is 0.512. The van der Waals surface area contributed by atoms with E-state index in [1.54, 1.807) is 0 Å². The minimum Gasteiger partial charge on any atom is -0.381 e. The molecule has 2 rings (SSSR count). The Balaban J connectivity index is 1.85. The molecule has 1 unspecified atom stereocenters. The van der Waals surface area contributed by atoms with Crippen LogP contribution in [0.1, 0.15) is 37.6 Å². The van der Waals surface area contributed by atoms with Crippen LogP contribution in [0.4, 0.5) is 0 Å². The first-order chi connectivity index (χ1) is 8.27. The van der Waals surface area contributed by atoms with Crippen LogP contribution in [-0.2, 0) is 4.74 Å². The summed E-state index contributed by atoms with van der Waals surface area (Å²) in [6.07, 6.45) is 2.42. The van der Waals surface area contributed by atoms with Gasteiger partial charge in [0, 0.05) is 24.1 Å². The number of hydrogen-bond donors (Lipinski definition) is 1. The molecular weight excluding hydrogens is 230 g/mol. The summed E-state index contributed by atoms with van der Waals surface area (Å²) in [5.74, 6) is 1.44. The van der Waals surface area contributed by atoms with Crippen molar-refractivity contribution in [3.05, 3.63) is 22.4 Å². The summed E-state index contributed by atoms with van der Waals surface area (Å²) in [7, 11) is 0. The maximum absolute atomic E-state index is 5.40. The number of nitrogens with one attached hydrogen (secondary N) is 1. The Morgan fingerprint density at radius 3 is 2.76 bits per heavy atom. The predicted molar refractivity (Wildman–Crippen MR) is 73.4 cm³/mol. The normalized spacial score (nSPS) is 19.7. The van der Waals surface area contributed by atoms with Crippen molar-refractivity contribution in [3.63, 3.8) is 0 Å². The third kappa shape index (κ3) is 3.80. The van der Waals surface area contributed by atoms with Crippen molar-refractivity contribution < 1.29 is 4.74 Å². The zero-order valence-corrected chi connectivity index (χ0v) is 11.6. The van der Waals surface area contributed by atoms with E-state index in [4.69, 9.17) is 4.74 Å². The molecule has 1 atom stereocenters. The van der Waals surface area contributed by atoms with Crippen molar-refractivity contribution in [2.75, 3.05) is 19.8 Å². The van der Waals surface area contributed by atoms with Gasteiger partial charge in [-0.3, -0.25) is 0 Å². The van der Waals surface area contributed by atoms with Gasteiger partial charge in [0.2, 0.25) is 0 Å². The second-order valence-corrected chi connectivity index (χ2v) is 6.18. The molecule has 0 bridgehead atoms. The highest BCUT2D eigenvalue weighted by atomic mass is 32.1. The monoisotopic (exact) mass is 253 g/mol. The van der Waals surface area contributed by atoms with Gasteiger partial charge in [0.05, 0.1) is 0 Å². The molecule has 3 heteroatoms. The van der Waals surface area contributed by atoms with Crippen LogP contribution >= 0.6 is 11.3 Å². The lowest BCUT2D eigenvalue weighted by Crippen LogP contribution is -2.32. The maximum Gasteiger partial charge on any atom is 0.0469 e. The van der Waals surface area contributed by atoms with E-state index in [0.717, 1.165) is 25.7 Å². The smallest absolute Gasteiger partial charge is 0.0469 e. The number of rotatable bonds is 5. The van der Waals surface area contributed by atoms with E-state index in [9.17, 15) is 0 Å². The second kappa shape index (κ2) is 6.53. The van der Waals surface area contributed by atoms with E-state index in [2.05, 4.69) is 36.7 Å². The largest absolute Gasteiger partial charge is 0.381 e. The van der Waals surface area contributed by atoms with Gasteiger partial charge in [0.15, 0.2) is 0 Å². The van der Waals surface area contributed by atoms with E-state index < -0.39 is 0 Å². The Hall–Kier alpha value is -0.380. The van der Waals surface area contributed by atoms with E-state index >= 15 is 0 Å². The molecule has 1 aromatic rings. The third-order valence-electron chi connectivity index (χ3n) is 3.48. The van der Waals surface area contributed by atoms with Gasteiger partial charge in [-0.15, -0.1) is 11.3 Å². The molecule has 1 aromatic heterocycles. The first kappa shape index (κ1) is 13.1. The Labute approximate surface area is 108 Å². The van der Waals surface area contributed by atoms with Crippen molar-refractivity contribution in [2.24, 2.45) is 11.8 Å². The molecule has 17 heavy (non-hydrogen) atoms. The molecule has 0 spiro atoms. The van der Waals surface area contributed by atoms with Crippen LogP contribution in [0.5, 0.6) is 0 Å². The first-order valence-corrected chi connectivity index (χ1v) is 7.50. The Morgan fingerprint density at radius 2 is 2.18 bits per heavy atom. The second-order valence-electron chi connectivity index (χ2n) is 5.20. The molecule has 0 amide bonds. The Kier molecular flexibility index (Phi) is 5.01. The summed E-state index contributed by atoms with van der Waals surface area (Å²) >= 11 is 1.86. The van der Waals surface area contributed by atoms with Gasteiger partial charge in [0.25, 0.3) is 0 Å². The molecule has 1 N–H and O–H groups in total. The summed E-state index contributed by atoms with van der Waals surface area (Å²) in [5, 5.41) is 5.91. The fourth-order valence-electron chi connectivity index (χ4n) is 2.38. The minimum absolute atomic E-state index is 0.512. The van der Waals surface area contributed by atoms with Gasteiger partial charge >= 0.3 is 0 Å². The molecule has 0 aliphatic carbocycles. The summed E-state index contributed by atoms with van der Waals surface area (Å²) < 4.78 is 5.40. The van der Waals surface area contributed by atoms with Crippen LogP contribution in [0.3, 0.4) is 0 Å². The Bertz CT molecular complexity index is 304. The Morgan fingerprint density at radius 1 is 1.41 bits per heavy atom. The third-order valence-corrected chi connectivity index (χ3v) is 4.44. The standard InChI is InChI=1S/C14H23NOS/c1-11(2)14(13-4-3-9-17-13)15-10-12-5-7-16-8-6-12/h3-4,9,11-12,14-15H,5-8,10H2,1-2H3. The van der Waals surface area contributed by atoms with Crippen LogP contribution in [0.25, 0.3) is 0 Å². The molecular formula is C14H23NOS. The topological polar surface area (TPSA) is 21.3 Å². The van der Waals surface area contributed by atoms with Gasteiger partial charge < -0.3 is 10.1 Å². The number of thiophene rings is 1. The van der Waals surface area contributed by atoms with Gasteiger partial charge in [-0.1, -0.05) is 19.9 Å². The molecule has 1 aliphatic heterocycles. The molecule has 1 fully saturated rings. The lowest BCUT2D eigenvalue weighted by molar-refractivity contribution is 0.0649. The molecule has 0 radical (unpaired) electrons. The SMILES string of the molecule is CC(C)C(NCC1CCOCC1)c1cccs1. The summed E-state index contributed by atoms with van der Waals surface area (Å²) in [4.78, 5) is 1.46. The first-order valence-electron chi connectivity index (χ1n) is 6.62. The molecule has 96 valence electrons. The molecule has 2 heterocycles. The highest BCUT2D eigenvalue weighted by Gasteiger charge is 2.19. The van der Waals surface area contributed by atoms with E-state index in [1.807, 2.05) is 11.3 Å². The summed E-state index contributed by atoms with van der Waals surface area (Å²) in [6, 6.07) is 4.90. The fraction of sp³-hybridized carbons (Fsp3) is 0.714. The van der Waals surface area contributed by atoms with Gasteiger partial charge in [-0.25, -0.2) is 0 Å². The van der Waals surface area contributed by atoms with E-state index in [1.165, 1.54) is 17.7 Å². The average molecular weight is 253 g/mol. The van der Waals surface area contributed by atoms with Gasteiger partial charge in [0.1, 0.15) is 0 Å². The zero-order valence-electron chi connectivity index (χ0n) is 10.8. The van der Waals surface area contributed by atoms with E-state index in [0.29, 0.717) is 12.0 Å². The fourth-order valence-corrected chi connectivity index (χ4v) is 3.35. The number of hydrogen-bond acceptors (Lipinski definition) is 3. The molecule has 2 nitrogen and oxygen atoms in total. The predicted octanol–water partition coefficient (Wildman–Crippen LogP) is 3.46. The quantitative estimate of drug-likeness (QED) is 0.867. The molecule has 0 aromatic carbocycles. The van der Waals surface area contributed by atoms with Crippen molar-refractivity contribution in [3.8, 4) is 0 Å². The van der Waals surface area contributed by atoms with Crippen molar-refractivity contribution in [2.45, 2.75) is 32.7 Å². The van der Waals surface area contributed by atoms with Gasteiger partial charge in [-0.2, -0.15) is 0 Å². The average Bonchev–Trinajstić information content (AvgIpc) is 2.84. The zero-order chi connectivity index (χ0) is 12.1. The highest BCUT2D eigenvalue weighted by Crippen LogP contribution is 2.26. The van der Waals surface area contributed by atoms with Crippen LogP contribution in [0, 0.1) is 11.8 Å². The summed E-state index contributed by atoms with van der Waals surface area (Å²) in [5.41, 5.74) is 0. The summed E-state index contributed by atoms with van der Waals surface area (Å²) in [6.45, 7) is 7.60. The maximum atomic E-state index is 5.40. The van der Waals surface area contributed by atoms with Crippen molar-refractivity contribution >= 4 is 11.3 Å². The van der Waals surface area contributed by atoms with E-state index in [-0.39, 0.29) is 0 Å². The van der Waals surface area contributed by atoms with Gasteiger partial charge in [-0.05, 0) is 42.7 Å². The van der Waals surface area contributed by atoms with Crippen molar-refractivity contribution in [1.82, 2.24) is 5.32 Å². The molecule has 0 saturated carbocycles. The van der Waals surface area contributed by atoms with Crippen molar-refractivity contribution in [1.29, 1.82) is 0 Å². The van der Waals surface area contributed by atoms with Crippen LogP contribution in [0.2, 0.25) is 0 Å². The van der Waals surface area contributed by atoms with Crippen LogP contribution < -0.4 is 5.32 Å². The highest BCUT2D eigenvalue weighted by molar-refractivity contribution is 7.10. The van der Waals surface area contributed by atoms with Crippen LogP contribution in [-0.4, -0.2) is 19.8 Å². The number of ether oxygens (including phenoxy) is 1. The lowest BCUT2D eigenvalue weighted by atomic mass is 9.97. The lowest BCUT2D eigenvalue weighted by Gasteiger charge is -2.27. The van der Waals surface area contributed by atoms with Crippen LogP contribution in [0.15, 0.2) is 17.5 Å².